The van der Waals surface area contributed by atoms with Crippen molar-refractivity contribution >= 4 is 22.2 Å². The molecular weight excluding hydrogens is 280 g/mol. The minimum Gasteiger partial charge on any atom is -0.488 e. The van der Waals surface area contributed by atoms with Gasteiger partial charge in [0.1, 0.15) is 11.9 Å². The van der Waals surface area contributed by atoms with E-state index in [9.17, 15) is 0 Å². The number of hydrogen-bond acceptors (Lipinski definition) is 3. The summed E-state index contributed by atoms with van der Waals surface area (Å²) in [5.74, 6) is 1.07. The van der Waals surface area contributed by atoms with Gasteiger partial charge in [-0.25, -0.2) is 0 Å². The largest absolute Gasteiger partial charge is 0.488 e. The molecule has 0 unspecified atom stereocenters. The predicted molar refractivity (Wildman–Crippen MR) is 87.1 cm³/mol. The van der Waals surface area contributed by atoms with Crippen molar-refractivity contribution in [1.29, 1.82) is 0 Å². The van der Waals surface area contributed by atoms with Gasteiger partial charge >= 0.3 is 0 Å². The monoisotopic (exact) mass is 298 g/mol. The van der Waals surface area contributed by atoms with Crippen molar-refractivity contribution in [2.45, 2.75) is 25.5 Å². The molecule has 0 saturated carbocycles. The van der Waals surface area contributed by atoms with Crippen molar-refractivity contribution in [2.75, 3.05) is 6.54 Å². The van der Waals surface area contributed by atoms with Crippen LogP contribution in [0.1, 0.15) is 16.9 Å². The molecule has 4 heteroatoms. The van der Waals surface area contributed by atoms with Crippen LogP contribution in [-0.4, -0.2) is 17.6 Å². The summed E-state index contributed by atoms with van der Waals surface area (Å²) >= 11 is 1.79. The normalized spacial score (nSPS) is 17.6. The number of thiophene rings is 1. The first-order valence-corrected chi connectivity index (χ1v) is 8.27. The Morgan fingerprint density at radius 1 is 1.29 bits per heavy atom. The third kappa shape index (κ3) is 2.57. The highest BCUT2D eigenvalue weighted by Crippen LogP contribution is 2.34. The summed E-state index contributed by atoms with van der Waals surface area (Å²) in [6, 6.07) is 10.7. The van der Waals surface area contributed by atoms with Crippen LogP contribution in [-0.2, 0) is 13.0 Å². The topological polar surface area (TPSA) is 37.0 Å². The van der Waals surface area contributed by atoms with E-state index in [1.807, 2.05) is 6.20 Å². The van der Waals surface area contributed by atoms with Gasteiger partial charge in [-0.2, -0.15) is 0 Å². The van der Waals surface area contributed by atoms with Gasteiger partial charge in [0.2, 0.25) is 0 Å². The lowest BCUT2D eigenvalue weighted by molar-refractivity contribution is 0.173. The summed E-state index contributed by atoms with van der Waals surface area (Å²) in [6.07, 6.45) is 4.42. The second-order valence-electron chi connectivity index (χ2n) is 5.48. The van der Waals surface area contributed by atoms with Gasteiger partial charge in [-0.15, -0.1) is 11.3 Å². The summed E-state index contributed by atoms with van der Waals surface area (Å²) in [4.78, 5) is 4.63. The molecule has 21 heavy (non-hydrogen) atoms. The van der Waals surface area contributed by atoms with Gasteiger partial charge < -0.3 is 15.0 Å². The van der Waals surface area contributed by atoms with Crippen molar-refractivity contribution in [2.24, 2.45) is 0 Å². The highest BCUT2D eigenvalue weighted by molar-refractivity contribution is 7.09. The lowest BCUT2D eigenvalue weighted by atomic mass is 10.00. The fourth-order valence-corrected chi connectivity index (χ4v) is 3.62. The van der Waals surface area contributed by atoms with Gasteiger partial charge in [0.25, 0.3) is 0 Å². The van der Waals surface area contributed by atoms with Crippen LogP contribution in [0.5, 0.6) is 5.75 Å². The predicted octanol–water partition coefficient (Wildman–Crippen LogP) is 3.71. The summed E-state index contributed by atoms with van der Waals surface area (Å²) in [6.45, 7) is 1.83. The third-order valence-electron chi connectivity index (χ3n) is 4.04. The Bertz CT molecular complexity index is 732. The molecule has 1 aliphatic rings. The molecule has 3 nitrogen and oxygen atoms in total. The minimum atomic E-state index is 0.262. The molecule has 3 aromatic rings. The summed E-state index contributed by atoms with van der Waals surface area (Å²) < 4.78 is 6.24. The summed E-state index contributed by atoms with van der Waals surface area (Å²) in [5, 5.41) is 6.83. The van der Waals surface area contributed by atoms with E-state index in [0.29, 0.717) is 0 Å². The number of hydrogen-bond donors (Lipinski definition) is 2. The molecule has 0 saturated heterocycles. The van der Waals surface area contributed by atoms with Gasteiger partial charge in [0.05, 0.1) is 0 Å². The average molecular weight is 298 g/mol. The van der Waals surface area contributed by atoms with Crippen LogP contribution in [0.3, 0.4) is 0 Å². The van der Waals surface area contributed by atoms with E-state index in [0.717, 1.165) is 37.2 Å². The number of H-pyrrole nitrogens is 1. The molecule has 2 aromatic heterocycles. The summed E-state index contributed by atoms with van der Waals surface area (Å²) in [5.41, 5.74) is 2.48. The molecule has 0 spiro atoms. The lowest BCUT2D eigenvalue weighted by Gasteiger charge is -2.27. The van der Waals surface area contributed by atoms with E-state index >= 15 is 0 Å². The molecule has 1 atom stereocenters. The molecule has 0 bridgehead atoms. The zero-order valence-electron chi connectivity index (χ0n) is 11.8. The van der Waals surface area contributed by atoms with Crippen molar-refractivity contribution < 1.29 is 4.74 Å². The van der Waals surface area contributed by atoms with Crippen LogP contribution in [0.15, 0.2) is 41.9 Å². The van der Waals surface area contributed by atoms with Crippen LogP contribution < -0.4 is 10.1 Å². The Morgan fingerprint density at radius 2 is 2.29 bits per heavy atom. The number of ether oxygens (including phenoxy) is 1. The van der Waals surface area contributed by atoms with Crippen molar-refractivity contribution in [3.05, 3.63) is 52.3 Å². The first-order chi connectivity index (χ1) is 10.4. The van der Waals surface area contributed by atoms with Crippen molar-refractivity contribution in [1.82, 2.24) is 10.3 Å². The standard InChI is InChI=1S/C17H18N2OS/c1-2-14(21-9-1)11-18-10-13-5-3-12-4-6-16-15(7-8-19-16)17(12)20-13/h1-2,4,6-9,13,18-19H,3,5,10-11H2/t13-/m1/s1. The molecule has 1 aliphatic heterocycles. The van der Waals surface area contributed by atoms with Gasteiger partial charge in [-0.1, -0.05) is 12.1 Å². The van der Waals surface area contributed by atoms with Crippen LogP contribution in [0.4, 0.5) is 0 Å². The Hall–Kier alpha value is -1.78. The van der Waals surface area contributed by atoms with Crippen molar-refractivity contribution in [3.8, 4) is 5.75 Å². The number of aromatic nitrogens is 1. The smallest absolute Gasteiger partial charge is 0.132 e. The first kappa shape index (κ1) is 12.9. The van der Waals surface area contributed by atoms with Crippen LogP contribution in [0, 0.1) is 0 Å². The van der Waals surface area contributed by atoms with E-state index in [-0.39, 0.29) is 6.10 Å². The molecule has 0 amide bonds. The number of nitrogens with one attached hydrogen (secondary N) is 2. The molecule has 0 radical (unpaired) electrons. The van der Waals surface area contributed by atoms with Crippen LogP contribution in [0.2, 0.25) is 0 Å². The highest BCUT2D eigenvalue weighted by Gasteiger charge is 2.21. The molecular formula is C17H18N2OS. The van der Waals surface area contributed by atoms with Crippen LogP contribution >= 0.6 is 11.3 Å². The Labute approximate surface area is 128 Å². The van der Waals surface area contributed by atoms with E-state index < -0.39 is 0 Å². The lowest BCUT2D eigenvalue weighted by Crippen LogP contribution is -2.33. The van der Waals surface area contributed by atoms with E-state index in [1.54, 1.807) is 11.3 Å². The SMILES string of the molecule is c1csc(CNC[C@H]2CCc3ccc4[nH]ccc4c3O2)c1. The van der Waals surface area contributed by atoms with Crippen LogP contribution in [0.25, 0.3) is 10.9 Å². The zero-order chi connectivity index (χ0) is 14.1. The molecule has 108 valence electrons. The van der Waals surface area contributed by atoms with E-state index in [1.165, 1.54) is 15.8 Å². The van der Waals surface area contributed by atoms with E-state index in [4.69, 9.17) is 4.74 Å². The molecule has 2 N–H and O–H groups in total. The van der Waals surface area contributed by atoms with Gasteiger partial charge in [-0.05, 0) is 42.0 Å². The maximum absolute atomic E-state index is 6.24. The fraction of sp³-hybridized carbons (Fsp3) is 0.294. The Kier molecular flexibility index (Phi) is 3.41. The van der Waals surface area contributed by atoms with E-state index in [2.05, 4.69) is 46.0 Å². The number of aryl methyl sites for hydroxylation is 1. The molecule has 0 fully saturated rings. The number of aromatic amines is 1. The molecule has 0 aliphatic carbocycles. The third-order valence-corrected chi connectivity index (χ3v) is 4.91. The maximum atomic E-state index is 6.24. The number of benzene rings is 1. The molecule has 4 rings (SSSR count). The quantitative estimate of drug-likeness (QED) is 0.770. The minimum absolute atomic E-state index is 0.262. The summed E-state index contributed by atoms with van der Waals surface area (Å²) in [7, 11) is 0. The second kappa shape index (κ2) is 5.54. The second-order valence-corrected chi connectivity index (χ2v) is 6.51. The Morgan fingerprint density at radius 3 is 3.19 bits per heavy atom. The highest BCUT2D eigenvalue weighted by atomic mass is 32.1. The molecule has 3 heterocycles. The average Bonchev–Trinajstić information content (AvgIpc) is 3.18. The molecule has 1 aromatic carbocycles. The van der Waals surface area contributed by atoms with Gasteiger partial charge in [0, 0.05) is 35.1 Å². The number of rotatable bonds is 4. The van der Waals surface area contributed by atoms with Crippen molar-refractivity contribution in [3.63, 3.8) is 0 Å². The zero-order valence-corrected chi connectivity index (χ0v) is 12.6. The maximum Gasteiger partial charge on any atom is 0.132 e. The Balaban J connectivity index is 1.44. The fourth-order valence-electron chi connectivity index (χ4n) is 2.94. The first-order valence-electron chi connectivity index (χ1n) is 7.39. The van der Waals surface area contributed by atoms with Gasteiger partial charge in [0.15, 0.2) is 0 Å². The number of fused-ring (bicyclic) bond motifs is 3. The van der Waals surface area contributed by atoms with Gasteiger partial charge in [-0.3, -0.25) is 0 Å².